The van der Waals surface area contributed by atoms with Gasteiger partial charge in [-0.25, -0.2) is 0 Å². The summed E-state index contributed by atoms with van der Waals surface area (Å²) < 4.78 is 11.4. The zero-order valence-electron chi connectivity index (χ0n) is 9.16. The lowest BCUT2D eigenvalue weighted by Crippen LogP contribution is -2.53. The third kappa shape index (κ3) is 3.59. The summed E-state index contributed by atoms with van der Waals surface area (Å²) in [5.74, 6) is 0.758. The summed E-state index contributed by atoms with van der Waals surface area (Å²) in [6.45, 7) is 4.08. The van der Waals surface area contributed by atoms with Gasteiger partial charge in [0.15, 0.2) is 6.29 Å². The Labute approximate surface area is 96.7 Å². The van der Waals surface area contributed by atoms with E-state index in [2.05, 4.69) is 4.90 Å². The van der Waals surface area contributed by atoms with Crippen LogP contribution in [0.1, 0.15) is 25.7 Å². The van der Waals surface area contributed by atoms with E-state index < -0.39 is 0 Å². The topological polar surface area (TPSA) is 21.7 Å². The van der Waals surface area contributed by atoms with Crippen molar-refractivity contribution in [2.24, 2.45) is 0 Å². The fraction of sp³-hybridized carbons (Fsp3) is 1.00. The lowest BCUT2D eigenvalue weighted by atomic mass is 10.1. The monoisotopic (exact) mass is 233 g/mol. The van der Waals surface area contributed by atoms with Crippen molar-refractivity contribution in [2.75, 3.05) is 32.1 Å². The SMILES string of the molecule is ClCCCN1CC(OC2CCCCO2)C1. The molecule has 0 aliphatic carbocycles. The minimum atomic E-state index is 0.0685. The Morgan fingerprint density at radius 3 is 2.87 bits per heavy atom. The van der Waals surface area contributed by atoms with Gasteiger partial charge in [0.1, 0.15) is 0 Å². The highest BCUT2D eigenvalue weighted by atomic mass is 35.5. The first-order chi connectivity index (χ1) is 7.38. The van der Waals surface area contributed by atoms with E-state index in [1.165, 1.54) is 12.8 Å². The average Bonchev–Trinajstić information content (AvgIpc) is 2.23. The maximum Gasteiger partial charge on any atom is 0.158 e. The molecule has 2 fully saturated rings. The van der Waals surface area contributed by atoms with Crippen LogP contribution in [0, 0.1) is 0 Å². The Morgan fingerprint density at radius 2 is 2.20 bits per heavy atom. The predicted molar refractivity (Wildman–Crippen MR) is 60.2 cm³/mol. The molecule has 0 aromatic rings. The van der Waals surface area contributed by atoms with Crippen LogP contribution in [-0.4, -0.2) is 49.4 Å². The number of halogens is 1. The molecule has 0 saturated carbocycles. The number of alkyl halides is 1. The molecule has 0 aromatic carbocycles. The maximum absolute atomic E-state index is 5.84. The van der Waals surface area contributed by atoms with E-state index in [0.29, 0.717) is 6.10 Å². The number of hydrogen-bond donors (Lipinski definition) is 0. The molecule has 0 aromatic heterocycles. The second-order valence-corrected chi connectivity index (χ2v) is 4.73. The molecule has 0 spiro atoms. The number of rotatable bonds is 5. The molecular weight excluding hydrogens is 214 g/mol. The number of hydrogen-bond acceptors (Lipinski definition) is 3. The highest BCUT2D eigenvalue weighted by molar-refractivity contribution is 6.17. The lowest BCUT2D eigenvalue weighted by Gasteiger charge is -2.41. The molecule has 1 atom stereocenters. The van der Waals surface area contributed by atoms with Gasteiger partial charge in [-0.1, -0.05) is 0 Å². The molecule has 0 N–H and O–H groups in total. The third-order valence-electron chi connectivity index (χ3n) is 3.01. The fourth-order valence-corrected chi connectivity index (χ4v) is 2.23. The van der Waals surface area contributed by atoms with Gasteiger partial charge < -0.3 is 9.47 Å². The molecule has 4 heteroatoms. The van der Waals surface area contributed by atoms with Gasteiger partial charge in [0.2, 0.25) is 0 Å². The average molecular weight is 234 g/mol. The van der Waals surface area contributed by atoms with Crippen LogP contribution >= 0.6 is 11.6 Å². The zero-order valence-corrected chi connectivity index (χ0v) is 9.92. The molecule has 2 saturated heterocycles. The van der Waals surface area contributed by atoms with Crippen molar-refractivity contribution in [3.63, 3.8) is 0 Å². The molecular formula is C11H20ClNO2. The normalized spacial score (nSPS) is 29.0. The minimum absolute atomic E-state index is 0.0685. The standard InChI is InChI=1S/C11H20ClNO2/c12-5-3-6-13-8-10(9-13)15-11-4-1-2-7-14-11/h10-11H,1-9H2. The zero-order chi connectivity index (χ0) is 10.5. The summed E-state index contributed by atoms with van der Waals surface area (Å²) >= 11 is 5.64. The summed E-state index contributed by atoms with van der Waals surface area (Å²) in [6.07, 6.45) is 5.04. The molecule has 2 aliphatic rings. The van der Waals surface area contributed by atoms with E-state index in [1.54, 1.807) is 0 Å². The molecule has 2 aliphatic heterocycles. The second-order valence-electron chi connectivity index (χ2n) is 4.36. The van der Waals surface area contributed by atoms with Crippen LogP contribution in [0.15, 0.2) is 0 Å². The van der Waals surface area contributed by atoms with Crippen molar-refractivity contribution in [1.29, 1.82) is 0 Å². The highest BCUT2D eigenvalue weighted by Gasteiger charge is 2.29. The number of likely N-dealkylation sites (tertiary alicyclic amines) is 1. The Balaban J connectivity index is 1.54. The summed E-state index contributed by atoms with van der Waals surface area (Å²) in [7, 11) is 0. The second kappa shape index (κ2) is 6.04. The van der Waals surface area contributed by atoms with Crippen molar-refractivity contribution in [2.45, 2.75) is 38.1 Å². The number of ether oxygens (including phenoxy) is 2. The van der Waals surface area contributed by atoms with Crippen molar-refractivity contribution >= 4 is 11.6 Å². The first-order valence-corrected chi connectivity index (χ1v) is 6.47. The summed E-state index contributed by atoms with van der Waals surface area (Å²) in [6, 6.07) is 0. The van der Waals surface area contributed by atoms with E-state index in [-0.39, 0.29) is 6.29 Å². The van der Waals surface area contributed by atoms with Gasteiger partial charge in [-0.15, -0.1) is 11.6 Å². The van der Waals surface area contributed by atoms with Crippen molar-refractivity contribution in [1.82, 2.24) is 4.90 Å². The third-order valence-corrected chi connectivity index (χ3v) is 3.28. The summed E-state index contributed by atoms with van der Waals surface area (Å²) in [5.41, 5.74) is 0. The van der Waals surface area contributed by atoms with E-state index in [4.69, 9.17) is 21.1 Å². The highest BCUT2D eigenvalue weighted by Crippen LogP contribution is 2.20. The van der Waals surface area contributed by atoms with Gasteiger partial charge in [-0.2, -0.15) is 0 Å². The van der Waals surface area contributed by atoms with Crippen LogP contribution in [0.3, 0.4) is 0 Å². The number of nitrogens with zero attached hydrogens (tertiary/aromatic N) is 1. The molecule has 2 rings (SSSR count). The molecule has 0 bridgehead atoms. The largest absolute Gasteiger partial charge is 0.353 e. The van der Waals surface area contributed by atoms with Gasteiger partial charge >= 0.3 is 0 Å². The van der Waals surface area contributed by atoms with Gasteiger partial charge in [-0.05, 0) is 32.2 Å². The Kier molecular flexibility index (Phi) is 4.69. The summed E-state index contributed by atoms with van der Waals surface area (Å²) in [4.78, 5) is 2.38. The van der Waals surface area contributed by atoms with Gasteiger partial charge in [0, 0.05) is 25.6 Å². The van der Waals surface area contributed by atoms with E-state index in [9.17, 15) is 0 Å². The predicted octanol–water partition coefficient (Wildman–Crippen LogP) is 1.84. The van der Waals surface area contributed by atoms with Gasteiger partial charge in [0.05, 0.1) is 6.10 Å². The van der Waals surface area contributed by atoms with Gasteiger partial charge in [0.25, 0.3) is 0 Å². The quantitative estimate of drug-likeness (QED) is 0.677. The van der Waals surface area contributed by atoms with Crippen molar-refractivity contribution in [3.05, 3.63) is 0 Å². The van der Waals surface area contributed by atoms with Crippen LogP contribution in [0.5, 0.6) is 0 Å². The van der Waals surface area contributed by atoms with Crippen molar-refractivity contribution < 1.29 is 9.47 Å². The molecule has 2 heterocycles. The van der Waals surface area contributed by atoms with Crippen LogP contribution in [0.4, 0.5) is 0 Å². The molecule has 3 nitrogen and oxygen atoms in total. The van der Waals surface area contributed by atoms with Crippen molar-refractivity contribution in [3.8, 4) is 0 Å². The molecule has 88 valence electrons. The fourth-order valence-electron chi connectivity index (χ4n) is 2.11. The first-order valence-electron chi connectivity index (χ1n) is 5.94. The molecule has 0 radical (unpaired) electrons. The molecule has 1 unspecified atom stereocenters. The maximum atomic E-state index is 5.84. The van der Waals surface area contributed by atoms with E-state index in [1.807, 2.05) is 0 Å². The minimum Gasteiger partial charge on any atom is -0.353 e. The Bertz CT molecular complexity index is 179. The molecule has 0 amide bonds. The summed E-state index contributed by atoms with van der Waals surface area (Å²) in [5, 5.41) is 0. The smallest absolute Gasteiger partial charge is 0.158 e. The first kappa shape index (κ1) is 11.6. The van der Waals surface area contributed by atoms with Crippen LogP contribution in [0.25, 0.3) is 0 Å². The van der Waals surface area contributed by atoms with Crippen LogP contribution in [0.2, 0.25) is 0 Å². The Hall–Kier alpha value is 0.170. The van der Waals surface area contributed by atoms with E-state index >= 15 is 0 Å². The van der Waals surface area contributed by atoms with Crippen LogP contribution in [-0.2, 0) is 9.47 Å². The van der Waals surface area contributed by atoms with Crippen LogP contribution < -0.4 is 0 Å². The van der Waals surface area contributed by atoms with E-state index in [0.717, 1.165) is 45.0 Å². The van der Waals surface area contributed by atoms with Gasteiger partial charge in [-0.3, -0.25) is 4.90 Å². The molecule has 15 heavy (non-hydrogen) atoms. The Morgan fingerprint density at radius 1 is 1.33 bits per heavy atom. The lowest BCUT2D eigenvalue weighted by molar-refractivity contribution is -0.213.